The van der Waals surface area contributed by atoms with Crippen LogP contribution in [0.3, 0.4) is 0 Å². The van der Waals surface area contributed by atoms with Crippen molar-refractivity contribution >= 4 is 23.6 Å². The highest BCUT2D eigenvalue weighted by Gasteiger charge is 2.15. The van der Waals surface area contributed by atoms with E-state index in [2.05, 4.69) is 10.6 Å². The van der Waals surface area contributed by atoms with Gasteiger partial charge in [-0.1, -0.05) is 30.3 Å². The summed E-state index contributed by atoms with van der Waals surface area (Å²) < 4.78 is 12.8. The molecule has 0 saturated carbocycles. The average Bonchev–Trinajstić information content (AvgIpc) is 2.62. The first kappa shape index (κ1) is 19.0. The maximum Gasteiger partial charge on any atom is 0.242 e. The van der Waals surface area contributed by atoms with Crippen LogP contribution in [0.15, 0.2) is 59.5 Å². The highest BCUT2D eigenvalue weighted by molar-refractivity contribution is 7.99. The van der Waals surface area contributed by atoms with Crippen molar-refractivity contribution in [3.05, 3.63) is 66.0 Å². The first-order chi connectivity index (χ1) is 12.0. The molecule has 0 aromatic heterocycles. The number of hydrogen-bond acceptors (Lipinski definition) is 3. The third-order valence-electron chi connectivity index (χ3n) is 3.49. The third kappa shape index (κ3) is 6.97. The number of carbonyl (C=O) groups is 2. The number of amides is 2. The molecule has 2 amide bonds. The second kappa shape index (κ2) is 9.84. The molecule has 0 aliphatic heterocycles. The van der Waals surface area contributed by atoms with Crippen molar-refractivity contribution in [1.29, 1.82) is 0 Å². The zero-order valence-corrected chi connectivity index (χ0v) is 14.8. The van der Waals surface area contributed by atoms with Crippen LogP contribution in [0.1, 0.15) is 18.9 Å². The summed E-state index contributed by atoms with van der Waals surface area (Å²) in [6, 6.07) is 15.1. The van der Waals surface area contributed by atoms with Gasteiger partial charge in [0.1, 0.15) is 11.9 Å². The number of rotatable bonds is 8. The second-order valence-electron chi connectivity index (χ2n) is 5.54. The Labute approximate surface area is 151 Å². The van der Waals surface area contributed by atoms with E-state index in [1.54, 1.807) is 19.1 Å². The van der Waals surface area contributed by atoms with Crippen LogP contribution in [0.5, 0.6) is 0 Å². The minimum atomic E-state index is -0.591. The van der Waals surface area contributed by atoms with E-state index in [4.69, 9.17) is 0 Å². The Morgan fingerprint density at radius 3 is 2.44 bits per heavy atom. The van der Waals surface area contributed by atoms with Gasteiger partial charge >= 0.3 is 0 Å². The minimum Gasteiger partial charge on any atom is -0.350 e. The smallest absolute Gasteiger partial charge is 0.242 e. The highest BCUT2D eigenvalue weighted by atomic mass is 32.2. The number of nitrogens with one attached hydrogen (secondary N) is 2. The average molecular weight is 360 g/mol. The van der Waals surface area contributed by atoms with Gasteiger partial charge in [-0.05, 0) is 36.8 Å². The second-order valence-corrected chi connectivity index (χ2v) is 6.71. The first-order valence-electron chi connectivity index (χ1n) is 8.04. The Hall–Kier alpha value is -2.34. The van der Waals surface area contributed by atoms with Crippen LogP contribution in [-0.2, 0) is 16.1 Å². The van der Waals surface area contributed by atoms with Gasteiger partial charge in [-0.25, -0.2) is 4.39 Å². The van der Waals surface area contributed by atoms with Crippen molar-refractivity contribution in [3.63, 3.8) is 0 Å². The van der Waals surface area contributed by atoms with Gasteiger partial charge in [-0.2, -0.15) is 0 Å². The summed E-state index contributed by atoms with van der Waals surface area (Å²) in [6.45, 7) is 2.09. The largest absolute Gasteiger partial charge is 0.350 e. The van der Waals surface area contributed by atoms with Crippen LogP contribution in [0.4, 0.5) is 4.39 Å². The van der Waals surface area contributed by atoms with Crippen molar-refractivity contribution in [2.24, 2.45) is 0 Å². The molecule has 0 radical (unpaired) electrons. The topological polar surface area (TPSA) is 58.2 Å². The van der Waals surface area contributed by atoms with Crippen molar-refractivity contribution in [3.8, 4) is 0 Å². The Kier molecular flexibility index (Phi) is 7.47. The molecule has 25 heavy (non-hydrogen) atoms. The maximum atomic E-state index is 12.8. The van der Waals surface area contributed by atoms with E-state index in [-0.39, 0.29) is 17.6 Å². The Morgan fingerprint density at radius 2 is 1.76 bits per heavy atom. The van der Waals surface area contributed by atoms with Gasteiger partial charge < -0.3 is 10.6 Å². The summed E-state index contributed by atoms with van der Waals surface area (Å²) >= 11 is 1.47. The molecule has 0 bridgehead atoms. The van der Waals surface area contributed by atoms with Gasteiger partial charge in [0.05, 0.1) is 0 Å². The molecule has 0 saturated heterocycles. The molecule has 2 rings (SSSR count). The molecule has 132 valence electrons. The van der Waals surface area contributed by atoms with Crippen LogP contribution in [0.25, 0.3) is 0 Å². The monoisotopic (exact) mass is 360 g/mol. The molecule has 0 aliphatic carbocycles. The van der Waals surface area contributed by atoms with E-state index >= 15 is 0 Å². The number of benzene rings is 2. The lowest BCUT2D eigenvalue weighted by Crippen LogP contribution is -2.44. The molecule has 0 spiro atoms. The van der Waals surface area contributed by atoms with Crippen LogP contribution < -0.4 is 10.6 Å². The fourth-order valence-corrected chi connectivity index (χ4v) is 2.96. The molecule has 0 fully saturated rings. The van der Waals surface area contributed by atoms with Gasteiger partial charge in [0, 0.05) is 23.6 Å². The van der Waals surface area contributed by atoms with Crippen molar-refractivity contribution in [2.45, 2.75) is 30.8 Å². The van der Waals surface area contributed by atoms with Crippen molar-refractivity contribution in [1.82, 2.24) is 10.6 Å². The summed E-state index contributed by atoms with van der Waals surface area (Å²) in [5, 5.41) is 5.48. The number of halogens is 1. The molecule has 0 aliphatic rings. The standard InChI is InChI=1S/C19H21FN2O2S/c1-14(19(24)21-13-15-5-3-2-4-6-15)22-18(23)11-12-25-17-9-7-16(20)8-10-17/h2-10,14H,11-13H2,1H3,(H,21,24)(H,22,23). The summed E-state index contributed by atoms with van der Waals surface area (Å²) in [7, 11) is 0. The fourth-order valence-electron chi connectivity index (χ4n) is 2.11. The molecule has 1 atom stereocenters. The Balaban J connectivity index is 1.66. The normalized spacial score (nSPS) is 11.6. The molecule has 0 heterocycles. The summed E-state index contributed by atoms with van der Waals surface area (Å²) in [5.41, 5.74) is 1.00. The third-order valence-corrected chi connectivity index (χ3v) is 4.51. The van der Waals surface area contributed by atoms with E-state index in [1.165, 1.54) is 23.9 Å². The number of carbonyl (C=O) groups excluding carboxylic acids is 2. The lowest BCUT2D eigenvalue weighted by atomic mass is 10.2. The summed E-state index contributed by atoms with van der Waals surface area (Å²) in [5.74, 6) is -0.117. The van der Waals surface area contributed by atoms with Crippen molar-refractivity contribution in [2.75, 3.05) is 5.75 Å². The van der Waals surface area contributed by atoms with E-state index in [0.29, 0.717) is 18.7 Å². The number of hydrogen-bond donors (Lipinski definition) is 2. The Morgan fingerprint density at radius 1 is 1.08 bits per heavy atom. The van der Waals surface area contributed by atoms with Gasteiger partial charge in [0.15, 0.2) is 0 Å². The lowest BCUT2D eigenvalue weighted by Gasteiger charge is -2.14. The van der Waals surface area contributed by atoms with Gasteiger partial charge in [-0.15, -0.1) is 11.8 Å². The lowest BCUT2D eigenvalue weighted by molar-refractivity contribution is -0.128. The first-order valence-corrected chi connectivity index (χ1v) is 9.02. The molecular weight excluding hydrogens is 339 g/mol. The predicted molar refractivity (Wildman–Crippen MR) is 97.6 cm³/mol. The Bertz CT molecular complexity index is 692. The molecular formula is C19H21FN2O2S. The minimum absolute atomic E-state index is 0.183. The van der Waals surface area contributed by atoms with Crippen LogP contribution >= 0.6 is 11.8 Å². The predicted octanol–water partition coefficient (Wildman–Crippen LogP) is 3.13. The van der Waals surface area contributed by atoms with Crippen LogP contribution in [0.2, 0.25) is 0 Å². The quantitative estimate of drug-likeness (QED) is 0.711. The van der Waals surface area contributed by atoms with E-state index < -0.39 is 6.04 Å². The van der Waals surface area contributed by atoms with E-state index in [0.717, 1.165) is 10.5 Å². The molecule has 6 heteroatoms. The molecule has 4 nitrogen and oxygen atoms in total. The fraction of sp³-hybridized carbons (Fsp3) is 0.263. The zero-order valence-electron chi connectivity index (χ0n) is 14.0. The van der Waals surface area contributed by atoms with Crippen LogP contribution in [0, 0.1) is 5.82 Å². The maximum absolute atomic E-state index is 12.8. The SMILES string of the molecule is CC(NC(=O)CCSc1ccc(F)cc1)C(=O)NCc1ccccc1. The van der Waals surface area contributed by atoms with E-state index in [1.807, 2.05) is 30.3 Å². The van der Waals surface area contributed by atoms with Gasteiger partial charge in [-0.3, -0.25) is 9.59 Å². The summed E-state index contributed by atoms with van der Waals surface area (Å²) in [6.07, 6.45) is 0.290. The zero-order chi connectivity index (χ0) is 18.1. The van der Waals surface area contributed by atoms with Crippen LogP contribution in [-0.4, -0.2) is 23.6 Å². The number of thioether (sulfide) groups is 1. The van der Waals surface area contributed by atoms with Gasteiger partial charge in [0.2, 0.25) is 11.8 Å². The van der Waals surface area contributed by atoms with Gasteiger partial charge in [0.25, 0.3) is 0 Å². The molecule has 2 aromatic rings. The van der Waals surface area contributed by atoms with E-state index in [9.17, 15) is 14.0 Å². The molecule has 2 N–H and O–H groups in total. The molecule has 1 unspecified atom stereocenters. The molecule has 2 aromatic carbocycles. The summed E-state index contributed by atoms with van der Waals surface area (Å²) in [4.78, 5) is 24.8. The van der Waals surface area contributed by atoms with Crippen molar-refractivity contribution < 1.29 is 14.0 Å². The highest BCUT2D eigenvalue weighted by Crippen LogP contribution is 2.18.